The molecular formula is C16H14Cl2FNO2. The van der Waals surface area contributed by atoms with Crippen molar-refractivity contribution in [1.29, 1.82) is 0 Å². The number of aryl methyl sites for hydroxylation is 2. The van der Waals surface area contributed by atoms with Gasteiger partial charge in [0.1, 0.15) is 11.6 Å². The Morgan fingerprint density at radius 3 is 2.55 bits per heavy atom. The van der Waals surface area contributed by atoms with Crippen LogP contribution in [0.15, 0.2) is 30.3 Å². The number of rotatable bonds is 4. The van der Waals surface area contributed by atoms with Gasteiger partial charge in [0.15, 0.2) is 6.61 Å². The van der Waals surface area contributed by atoms with Crippen LogP contribution in [0.2, 0.25) is 10.0 Å². The molecule has 0 bridgehead atoms. The van der Waals surface area contributed by atoms with E-state index in [2.05, 4.69) is 5.32 Å². The topological polar surface area (TPSA) is 38.3 Å². The Morgan fingerprint density at radius 1 is 1.18 bits per heavy atom. The summed E-state index contributed by atoms with van der Waals surface area (Å²) in [7, 11) is 0. The third-order valence-corrected chi connectivity index (χ3v) is 3.50. The molecule has 0 aliphatic rings. The summed E-state index contributed by atoms with van der Waals surface area (Å²) in [6.45, 7) is 3.57. The van der Waals surface area contributed by atoms with Gasteiger partial charge in [-0.15, -0.1) is 0 Å². The van der Waals surface area contributed by atoms with Crippen molar-refractivity contribution >= 4 is 34.8 Å². The van der Waals surface area contributed by atoms with E-state index in [9.17, 15) is 9.18 Å². The molecule has 6 heteroatoms. The molecule has 0 saturated carbocycles. The Labute approximate surface area is 138 Å². The SMILES string of the molecule is Cc1cc(C)c(OCC(=O)Nc2ccc(F)c(Cl)c2)c(Cl)c1. The van der Waals surface area contributed by atoms with Crippen LogP contribution in [-0.4, -0.2) is 12.5 Å². The fourth-order valence-corrected chi connectivity index (χ4v) is 2.55. The zero-order valence-electron chi connectivity index (χ0n) is 12.0. The van der Waals surface area contributed by atoms with E-state index in [1.165, 1.54) is 18.2 Å². The first-order valence-corrected chi connectivity index (χ1v) is 7.27. The van der Waals surface area contributed by atoms with Gasteiger partial charge in [-0.1, -0.05) is 29.3 Å². The standard InChI is InChI=1S/C16H14Cl2FNO2/c1-9-5-10(2)16(13(18)6-9)22-8-15(21)20-11-3-4-14(19)12(17)7-11/h3-7H,8H2,1-2H3,(H,20,21). The van der Waals surface area contributed by atoms with Gasteiger partial charge in [-0.3, -0.25) is 4.79 Å². The molecule has 2 aromatic rings. The summed E-state index contributed by atoms with van der Waals surface area (Å²) in [6.07, 6.45) is 0. The molecule has 0 radical (unpaired) electrons. The van der Waals surface area contributed by atoms with Crippen LogP contribution in [-0.2, 0) is 4.79 Å². The average molecular weight is 342 g/mol. The molecule has 3 nitrogen and oxygen atoms in total. The number of nitrogens with one attached hydrogen (secondary N) is 1. The molecule has 22 heavy (non-hydrogen) atoms. The van der Waals surface area contributed by atoms with Crippen LogP contribution in [0.3, 0.4) is 0 Å². The van der Waals surface area contributed by atoms with E-state index in [4.69, 9.17) is 27.9 Å². The maximum absolute atomic E-state index is 13.0. The van der Waals surface area contributed by atoms with E-state index < -0.39 is 11.7 Å². The number of benzene rings is 2. The largest absolute Gasteiger partial charge is 0.482 e. The molecule has 0 aliphatic carbocycles. The Bertz CT molecular complexity index is 696. The summed E-state index contributed by atoms with van der Waals surface area (Å²) in [5.41, 5.74) is 2.26. The van der Waals surface area contributed by atoms with Gasteiger partial charge in [-0.25, -0.2) is 4.39 Å². The van der Waals surface area contributed by atoms with E-state index in [0.717, 1.165) is 11.1 Å². The van der Waals surface area contributed by atoms with Gasteiger partial charge in [0.25, 0.3) is 5.91 Å². The molecule has 2 aromatic carbocycles. The number of ether oxygens (including phenoxy) is 1. The van der Waals surface area contributed by atoms with Crippen LogP contribution in [0.1, 0.15) is 11.1 Å². The molecule has 116 valence electrons. The summed E-state index contributed by atoms with van der Waals surface area (Å²) < 4.78 is 18.5. The lowest BCUT2D eigenvalue weighted by molar-refractivity contribution is -0.118. The second kappa shape index (κ2) is 6.99. The summed E-state index contributed by atoms with van der Waals surface area (Å²) in [5, 5.41) is 2.97. The first-order valence-electron chi connectivity index (χ1n) is 6.51. The fraction of sp³-hybridized carbons (Fsp3) is 0.188. The Kier molecular flexibility index (Phi) is 5.27. The quantitative estimate of drug-likeness (QED) is 0.869. The fourth-order valence-electron chi connectivity index (χ4n) is 1.99. The third kappa shape index (κ3) is 4.12. The van der Waals surface area contributed by atoms with Crippen molar-refractivity contribution in [1.82, 2.24) is 0 Å². The lowest BCUT2D eigenvalue weighted by atomic mass is 10.1. The van der Waals surface area contributed by atoms with E-state index in [-0.39, 0.29) is 11.6 Å². The molecule has 0 spiro atoms. The number of hydrogen-bond donors (Lipinski definition) is 1. The molecule has 0 aromatic heterocycles. The highest BCUT2D eigenvalue weighted by Crippen LogP contribution is 2.29. The van der Waals surface area contributed by atoms with Crippen molar-refractivity contribution in [2.45, 2.75) is 13.8 Å². The predicted molar refractivity (Wildman–Crippen MR) is 86.5 cm³/mol. The number of carbonyl (C=O) groups excluding carboxylic acids is 1. The number of hydrogen-bond acceptors (Lipinski definition) is 2. The highest BCUT2D eigenvalue weighted by atomic mass is 35.5. The minimum atomic E-state index is -0.544. The van der Waals surface area contributed by atoms with Crippen LogP contribution in [0.25, 0.3) is 0 Å². The lowest BCUT2D eigenvalue weighted by Gasteiger charge is -2.12. The second-order valence-electron chi connectivity index (χ2n) is 4.86. The molecule has 0 heterocycles. The van der Waals surface area contributed by atoms with E-state index >= 15 is 0 Å². The summed E-state index contributed by atoms with van der Waals surface area (Å²) in [5.74, 6) is -0.462. The van der Waals surface area contributed by atoms with Gasteiger partial charge < -0.3 is 10.1 Å². The monoisotopic (exact) mass is 341 g/mol. The molecule has 0 unspecified atom stereocenters. The number of carbonyl (C=O) groups is 1. The van der Waals surface area contributed by atoms with E-state index in [1.807, 2.05) is 19.9 Å². The smallest absolute Gasteiger partial charge is 0.262 e. The minimum Gasteiger partial charge on any atom is -0.482 e. The number of anilines is 1. The van der Waals surface area contributed by atoms with Gasteiger partial charge >= 0.3 is 0 Å². The molecule has 1 N–H and O–H groups in total. The van der Waals surface area contributed by atoms with Gasteiger partial charge in [0.2, 0.25) is 0 Å². The molecule has 0 aliphatic heterocycles. The van der Waals surface area contributed by atoms with Crippen molar-refractivity contribution in [3.63, 3.8) is 0 Å². The zero-order chi connectivity index (χ0) is 16.3. The van der Waals surface area contributed by atoms with Crippen molar-refractivity contribution < 1.29 is 13.9 Å². The van der Waals surface area contributed by atoms with E-state index in [0.29, 0.717) is 16.5 Å². The Morgan fingerprint density at radius 2 is 1.91 bits per heavy atom. The van der Waals surface area contributed by atoms with Gasteiger partial charge in [-0.05, 0) is 49.2 Å². The molecule has 2 rings (SSSR count). The Balaban J connectivity index is 2.00. The number of halogens is 3. The normalized spacial score (nSPS) is 10.4. The third-order valence-electron chi connectivity index (χ3n) is 2.92. The van der Waals surface area contributed by atoms with Crippen LogP contribution in [0.5, 0.6) is 5.75 Å². The molecule has 0 atom stereocenters. The minimum absolute atomic E-state index is 0.0591. The van der Waals surface area contributed by atoms with Crippen LogP contribution >= 0.6 is 23.2 Å². The second-order valence-corrected chi connectivity index (χ2v) is 5.67. The first-order chi connectivity index (χ1) is 10.4. The maximum atomic E-state index is 13.0. The number of amides is 1. The lowest BCUT2D eigenvalue weighted by Crippen LogP contribution is -2.20. The first kappa shape index (κ1) is 16.6. The van der Waals surface area contributed by atoms with E-state index in [1.54, 1.807) is 6.07 Å². The van der Waals surface area contributed by atoms with Crippen molar-refractivity contribution in [3.8, 4) is 5.75 Å². The molecule has 0 fully saturated rings. The molecule has 0 saturated heterocycles. The highest BCUT2D eigenvalue weighted by molar-refractivity contribution is 6.32. The van der Waals surface area contributed by atoms with Crippen molar-refractivity contribution in [3.05, 3.63) is 57.3 Å². The summed E-state index contributed by atoms with van der Waals surface area (Å²) in [6, 6.07) is 7.61. The van der Waals surface area contributed by atoms with Gasteiger partial charge in [0.05, 0.1) is 10.0 Å². The maximum Gasteiger partial charge on any atom is 0.262 e. The Hall–Kier alpha value is -1.78. The van der Waals surface area contributed by atoms with Crippen LogP contribution in [0.4, 0.5) is 10.1 Å². The van der Waals surface area contributed by atoms with Crippen LogP contribution in [0, 0.1) is 19.7 Å². The molecule has 1 amide bonds. The summed E-state index contributed by atoms with van der Waals surface area (Å²) >= 11 is 11.8. The van der Waals surface area contributed by atoms with Gasteiger partial charge in [0, 0.05) is 5.69 Å². The highest BCUT2D eigenvalue weighted by Gasteiger charge is 2.10. The molecular weight excluding hydrogens is 328 g/mol. The van der Waals surface area contributed by atoms with Crippen molar-refractivity contribution in [2.75, 3.05) is 11.9 Å². The van der Waals surface area contributed by atoms with Gasteiger partial charge in [-0.2, -0.15) is 0 Å². The predicted octanol–water partition coefficient (Wildman–Crippen LogP) is 4.77. The van der Waals surface area contributed by atoms with Crippen molar-refractivity contribution in [2.24, 2.45) is 0 Å². The zero-order valence-corrected chi connectivity index (χ0v) is 13.6. The average Bonchev–Trinajstić information content (AvgIpc) is 2.41. The summed E-state index contributed by atoms with van der Waals surface area (Å²) in [4.78, 5) is 11.9. The van der Waals surface area contributed by atoms with Crippen LogP contribution < -0.4 is 10.1 Å².